The van der Waals surface area contributed by atoms with Crippen molar-refractivity contribution in [3.63, 3.8) is 0 Å². The minimum absolute atomic E-state index is 0.306. The van der Waals surface area contributed by atoms with Gasteiger partial charge in [0.25, 0.3) is 5.91 Å². The zero-order valence-electron chi connectivity index (χ0n) is 14.6. The quantitative estimate of drug-likeness (QED) is 0.728. The second-order valence-corrected chi connectivity index (χ2v) is 6.02. The van der Waals surface area contributed by atoms with Crippen LogP contribution in [0.1, 0.15) is 27.2 Å². The van der Waals surface area contributed by atoms with Crippen LogP contribution in [0.5, 0.6) is 0 Å². The fourth-order valence-electron chi connectivity index (χ4n) is 2.57. The first-order chi connectivity index (χ1) is 12.5. The summed E-state index contributed by atoms with van der Waals surface area (Å²) in [6, 6.07) is 18.4. The van der Waals surface area contributed by atoms with E-state index in [1.807, 2.05) is 31.2 Å². The summed E-state index contributed by atoms with van der Waals surface area (Å²) >= 11 is 0. The van der Waals surface area contributed by atoms with Crippen LogP contribution in [0.3, 0.4) is 0 Å². The van der Waals surface area contributed by atoms with E-state index >= 15 is 0 Å². The zero-order chi connectivity index (χ0) is 18.5. The molecule has 1 heterocycles. The van der Waals surface area contributed by atoms with Crippen LogP contribution in [0.25, 0.3) is 0 Å². The smallest absolute Gasteiger partial charge is 0.274 e. The molecule has 0 unspecified atom stereocenters. The Bertz CT molecular complexity index is 988. The van der Waals surface area contributed by atoms with Crippen LogP contribution in [-0.4, -0.2) is 10.9 Å². The molecule has 0 saturated carbocycles. The first kappa shape index (κ1) is 17.2. The van der Waals surface area contributed by atoms with Crippen LogP contribution < -0.4 is 10.6 Å². The number of amides is 1. The van der Waals surface area contributed by atoms with Crippen LogP contribution in [0, 0.1) is 25.2 Å². The van der Waals surface area contributed by atoms with Crippen molar-refractivity contribution in [1.29, 1.82) is 5.26 Å². The van der Waals surface area contributed by atoms with Gasteiger partial charge in [-0.05, 0) is 61.9 Å². The Hall–Kier alpha value is -3.65. The lowest BCUT2D eigenvalue weighted by Crippen LogP contribution is -2.13. The Kier molecular flexibility index (Phi) is 4.95. The molecular weight excluding hydrogens is 324 g/mol. The fourth-order valence-corrected chi connectivity index (χ4v) is 2.57. The van der Waals surface area contributed by atoms with Crippen LogP contribution in [-0.2, 0) is 0 Å². The van der Waals surface area contributed by atoms with E-state index in [2.05, 4.69) is 28.6 Å². The first-order valence-corrected chi connectivity index (χ1v) is 8.17. The molecule has 0 fully saturated rings. The largest absolute Gasteiger partial charge is 0.355 e. The molecule has 0 spiro atoms. The number of aromatic nitrogens is 1. The van der Waals surface area contributed by atoms with E-state index in [0.29, 0.717) is 16.9 Å². The summed E-state index contributed by atoms with van der Waals surface area (Å²) in [6.45, 7) is 4.09. The molecule has 0 aliphatic carbocycles. The number of aryl methyl sites for hydroxylation is 2. The molecule has 0 radical (unpaired) electrons. The van der Waals surface area contributed by atoms with Gasteiger partial charge in [0.15, 0.2) is 0 Å². The number of anilines is 3. The number of nitriles is 1. The lowest BCUT2D eigenvalue weighted by Gasteiger charge is -2.11. The van der Waals surface area contributed by atoms with Crippen molar-refractivity contribution in [3.8, 4) is 6.07 Å². The van der Waals surface area contributed by atoms with Gasteiger partial charge in [-0.25, -0.2) is 0 Å². The van der Waals surface area contributed by atoms with Crippen molar-refractivity contribution in [1.82, 2.24) is 4.98 Å². The summed E-state index contributed by atoms with van der Waals surface area (Å²) in [5, 5.41) is 14.9. The van der Waals surface area contributed by atoms with Gasteiger partial charge in [-0.3, -0.25) is 9.78 Å². The highest BCUT2D eigenvalue weighted by Gasteiger charge is 2.09. The van der Waals surface area contributed by atoms with Crippen LogP contribution in [0.4, 0.5) is 17.1 Å². The van der Waals surface area contributed by atoms with Crippen LogP contribution in [0.15, 0.2) is 60.8 Å². The molecule has 2 aromatic carbocycles. The van der Waals surface area contributed by atoms with Gasteiger partial charge in [0.1, 0.15) is 5.69 Å². The first-order valence-electron chi connectivity index (χ1n) is 8.17. The molecule has 5 nitrogen and oxygen atoms in total. The minimum Gasteiger partial charge on any atom is -0.355 e. The van der Waals surface area contributed by atoms with Gasteiger partial charge in [0, 0.05) is 23.3 Å². The molecule has 26 heavy (non-hydrogen) atoms. The molecule has 128 valence electrons. The average Bonchev–Trinajstić information content (AvgIpc) is 2.65. The number of nitrogens with zero attached hydrogens (tertiary/aromatic N) is 2. The third-order valence-electron chi connectivity index (χ3n) is 3.93. The van der Waals surface area contributed by atoms with Crippen LogP contribution in [0.2, 0.25) is 0 Å². The number of carbonyl (C=O) groups is 1. The fraction of sp³-hybridized carbons (Fsp3) is 0.0952. The summed E-state index contributed by atoms with van der Waals surface area (Å²) in [7, 11) is 0. The van der Waals surface area contributed by atoms with Crippen molar-refractivity contribution in [3.05, 3.63) is 83.2 Å². The number of hydrogen-bond donors (Lipinski definition) is 2. The van der Waals surface area contributed by atoms with Gasteiger partial charge >= 0.3 is 0 Å². The summed E-state index contributed by atoms with van der Waals surface area (Å²) in [5.41, 5.74) is 5.57. The lowest BCUT2D eigenvalue weighted by atomic mass is 10.1. The van der Waals surface area contributed by atoms with Gasteiger partial charge in [-0.1, -0.05) is 17.7 Å². The Balaban J connectivity index is 1.75. The van der Waals surface area contributed by atoms with E-state index in [1.165, 1.54) is 5.56 Å². The van der Waals surface area contributed by atoms with Crippen molar-refractivity contribution >= 4 is 23.0 Å². The molecule has 0 bridgehead atoms. The Morgan fingerprint density at radius 1 is 1.00 bits per heavy atom. The number of nitrogens with one attached hydrogen (secondary N) is 2. The summed E-state index contributed by atoms with van der Waals surface area (Å²) in [5.74, 6) is -0.306. The highest BCUT2D eigenvalue weighted by atomic mass is 16.1. The average molecular weight is 342 g/mol. The molecule has 5 heteroatoms. The van der Waals surface area contributed by atoms with Gasteiger partial charge < -0.3 is 10.6 Å². The SMILES string of the molecule is Cc1ccc(Nc2ccnc(C(=O)Nc3ccc(C#N)cc3)c2)c(C)c1. The molecule has 2 N–H and O–H groups in total. The predicted molar refractivity (Wildman–Crippen MR) is 103 cm³/mol. The molecule has 3 aromatic rings. The van der Waals surface area contributed by atoms with Gasteiger partial charge in [-0.15, -0.1) is 0 Å². The highest BCUT2D eigenvalue weighted by molar-refractivity contribution is 6.03. The van der Waals surface area contributed by atoms with Crippen molar-refractivity contribution in [2.75, 3.05) is 10.6 Å². The maximum Gasteiger partial charge on any atom is 0.274 e. The zero-order valence-corrected chi connectivity index (χ0v) is 14.6. The van der Waals surface area contributed by atoms with Crippen molar-refractivity contribution in [2.45, 2.75) is 13.8 Å². The van der Waals surface area contributed by atoms with E-state index in [0.717, 1.165) is 16.9 Å². The van der Waals surface area contributed by atoms with E-state index in [9.17, 15) is 4.79 Å². The van der Waals surface area contributed by atoms with E-state index in [4.69, 9.17) is 5.26 Å². The Morgan fingerprint density at radius 3 is 2.46 bits per heavy atom. The number of rotatable bonds is 4. The highest BCUT2D eigenvalue weighted by Crippen LogP contribution is 2.22. The number of carbonyl (C=O) groups excluding carboxylic acids is 1. The molecule has 0 atom stereocenters. The normalized spacial score (nSPS) is 10.0. The molecule has 3 rings (SSSR count). The third-order valence-corrected chi connectivity index (χ3v) is 3.93. The molecule has 0 aliphatic heterocycles. The lowest BCUT2D eigenvalue weighted by molar-refractivity contribution is 0.102. The van der Waals surface area contributed by atoms with Crippen molar-refractivity contribution in [2.24, 2.45) is 0 Å². The van der Waals surface area contributed by atoms with Crippen LogP contribution >= 0.6 is 0 Å². The summed E-state index contributed by atoms with van der Waals surface area (Å²) in [4.78, 5) is 16.6. The standard InChI is InChI=1S/C21H18N4O/c1-14-3-8-19(15(2)11-14)24-18-9-10-23-20(12-18)21(26)25-17-6-4-16(13-22)5-7-17/h3-12H,1-2H3,(H,23,24)(H,25,26). The molecule has 0 aliphatic rings. The molecular formula is C21H18N4O. The third kappa shape index (κ3) is 4.05. The van der Waals surface area contributed by atoms with Gasteiger partial charge in [-0.2, -0.15) is 5.26 Å². The minimum atomic E-state index is -0.306. The van der Waals surface area contributed by atoms with E-state index in [1.54, 1.807) is 36.5 Å². The predicted octanol–water partition coefficient (Wildman–Crippen LogP) is 4.57. The maximum atomic E-state index is 12.4. The maximum absolute atomic E-state index is 12.4. The Morgan fingerprint density at radius 2 is 1.77 bits per heavy atom. The molecule has 0 saturated heterocycles. The second-order valence-electron chi connectivity index (χ2n) is 6.02. The number of benzene rings is 2. The monoisotopic (exact) mass is 342 g/mol. The summed E-state index contributed by atoms with van der Waals surface area (Å²) in [6.07, 6.45) is 1.60. The van der Waals surface area contributed by atoms with Crippen molar-refractivity contribution < 1.29 is 4.79 Å². The topological polar surface area (TPSA) is 77.8 Å². The molecule has 1 aromatic heterocycles. The molecule has 1 amide bonds. The number of pyridine rings is 1. The van der Waals surface area contributed by atoms with Gasteiger partial charge in [0.05, 0.1) is 11.6 Å². The summed E-state index contributed by atoms with van der Waals surface area (Å²) < 4.78 is 0. The second kappa shape index (κ2) is 7.49. The Labute approximate surface area is 152 Å². The van der Waals surface area contributed by atoms with E-state index < -0.39 is 0 Å². The number of hydrogen-bond acceptors (Lipinski definition) is 4. The van der Waals surface area contributed by atoms with Gasteiger partial charge in [0.2, 0.25) is 0 Å². The van der Waals surface area contributed by atoms with E-state index in [-0.39, 0.29) is 5.91 Å².